The highest BCUT2D eigenvalue weighted by atomic mass is 32.2. The van der Waals surface area contributed by atoms with Crippen molar-refractivity contribution in [2.75, 3.05) is 28.6 Å². The Bertz CT molecular complexity index is 986. The minimum absolute atomic E-state index is 0.268. The summed E-state index contributed by atoms with van der Waals surface area (Å²) in [6.07, 6.45) is 7.25. The molecule has 0 atom stereocenters. The van der Waals surface area contributed by atoms with Crippen molar-refractivity contribution in [2.24, 2.45) is 0 Å². The van der Waals surface area contributed by atoms with Crippen LogP contribution in [0.2, 0.25) is 0 Å². The summed E-state index contributed by atoms with van der Waals surface area (Å²) in [4.78, 5) is 24.7. The van der Waals surface area contributed by atoms with Crippen LogP contribution < -0.4 is 15.5 Å². The summed E-state index contributed by atoms with van der Waals surface area (Å²) in [5, 5.41) is 7.45. The second-order valence-electron chi connectivity index (χ2n) is 7.24. The lowest BCUT2D eigenvalue weighted by molar-refractivity contribution is 0.262. The number of amides is 2. The molecule has 3 heterocycles. The van der Waals surface area contributed by atoms with Crippen LogP contribution in [0.15, 0.2) is 53.8 Å². The maximum Gasteiger partial charge on any atom is 0.325 e. The van der Waals surface area contributed by atoms with Crippen LogP contribution in [-0.4, -0.2) is 29.1 Å². The van der Waals surface area contributed by atoms with Gasteiger partial charge in [0.1, 0.15) is 0 Å². The van der Waals surface area contributed by atoms with Crippen molar-refractivity contribution in [3.63, 3.8) is 0 Å². The maximum absolute atomic E-state index is 12.6. The number of thiazole rings is 1. The number of aryl methyl sites for hydroxylation is 1. The fraction of sp³-hybridized carbons (Fsp3) is 0.318. The largest absolute Gasteiger partial charge is 0.370 e. The highest BCUT2D eigenvalue weighted by Gasteiger charge is 2.16. The van der Waals surface area contributed by atoms with Crippen molar-refractivity contribution in [3.05, 3.63) is 59.2 Å². The van der Waals surface area contributed by atoms with Crippen LogP contribution in [0.4, 0.5) is 21.3 Å². The van der Waals surface area contributed by atoms with Crippen molar-refractivity contribution in [2.45, 2.75) is 37.0 Å². The van der Waals surface area contributed by atoms with Crippen molar-refractivity contribution in [3.8, 4) is 0 Å². The van der Waals surface area contributed by atoms with E-state index in [0.717, 1.165) is 40.1 Å². The molecule has 1 aliphatic rings. The van der Waals surface area contributed by atoms with E-state index in [1.54, 1.807) is 24.2 Å². The fourth-order valence-corrected chi connectivity index (χ4v) is 5.09. The number of nitrogens with zero attached hydrogens (tertiary/aromatic N) is 3. The van der Waals surface area contributed by atoms with Crippen LogP contribution in [-0.2, 0) is 5.75 Å². The van der Waals surface area contributed by atoms with E-state index in [-0.39, 0.29) is 6.03 Å². The Balaban J connectivity index is 1.36. The molecule has 0 bridgehead atoms. The van der Waals surface area contributed by atoms with Crippen molar-refractivity contribution in [1.29, 1.82) is 0 Å². The maximum atomic E-state index is 12.6. The molecule has 0 unspecified atom stereocenters. The van der Waals surface area contributed by atoms with E-state index in [0.29, 0.717) is 5.13 Å². The molecule has 1 aromatic carbocycles. The van der Waals surface area contributed by atoms with E-state index in [4.69, 9.17) is 0 Å². The normalized spacial score (nSPS) is 13.8. The third-order valence-electron chi connectivity index (χ3n) is 4.87. The quantitative estimate of drug-likeness (QED) is 0.477. The molecular weight excluding hydrogens is 414 g/mol. The SMILES string of the molecule is Cc1ccc(NC(=O)Nc2ncc(CSc3ccccn3)s2)c(N2CCCCC2)c1. The number of piperidine rings is 1. The molecule has 3 aromatic rings. The molecule has 156 valence electrons. The molecule has 8 heteroatoms. The Morgan fingerprint density at radius 3 is 2.80 bits per heavy atom. The first-order valence-corrected chi connectivity index (χ1v) is 11.9. The molecule has 0 saturated carbocycles. The van der Waals surface area contributed by atoms with E-state index in [1.165, 1.54) is 36.2 Å². The predicted molar refractivity (Wildman–Crippen MR) is 126 cm³/mol. The molecule has 2 amide bonds. The number of anilines is 3. The van der Waals surface area contributed by atoms with Crippen LogP contribution >= 0.6 is 23.1 Å². The first-order valence-electron chi connectivity index (χ1n) is 10.1. The lowest BCUT2D eigenvalue weighted by Gasteiger charge is -2.30. The number of nitrogens with one attached hydrogen (secondary N) is 2. The molecule has 0 radical (unpaired) electrons. The Hall–Kier alpha value is -2.58. The predicted octanol–water partition coefficient (Wildman–Crippen LogP) is 5.77. The lowest BCUT2D eigenvalue weighted by atomic mass is 10.1. The second-order valence-corrected chi connectivity index (χ2v) is 9.35. The third kappa shape index (κ3) is 5.52. The summed E-state index contributed by atoms with van der Waals surface area (Å²) in [5.41, 5.74) is 3.12. The van der Waals surface area contributed by atoms with E-state index in [9.17, 15) is 4.79 Å². The number of thioether (sulfide) groups is 1. The summed E-state index contributed by atoms with van der Waals surface area (Å²) < 4.78 is 0. The molecule has 1 fully saturated rings. The first-order chi connectivity index (χ1) is 14.7. The van der Waals surface area contributed by atoms with Gasteiger partial charge in [0.2, 0.25) is 0 Å². The van der Waals surface area contributed by atoms with Crippen molar-refractivity contribution >= 4 is 45.6 Å². The number of aromatic nitrogens is 2. The molecule has 0 aliphatic carbocycles. The summed E-state index contributed by atoms with van der Waals surface area (Å²) in [6.45, 7) is 4.14. The van der Waals surface area contributed by atoms with E-state index in [2.05, 4.69) is 38.5 Å². The molecule has 30 heavy (non-hydrogen) atoms. The third-order valence-corrected chi connectivity index (χ3v) is 6.96. The van der Waals surface area contributed by atoms with Gasteiger partial charge in [0.05, 0.1) is 16.4 Å². The van der Waals surface area contributed by atoms with Crippen molar-refractivity contribution < 1.29 is 4.79 Å². The van der Waals surface area contributed by atoms with Gasteiger partial charge >= 0.3 is 6.03 Å². The number of carbonyl (C=O) groups excluding carboxylic acids is 1. The first kappa shape index (κ1) is 20.7. The van der Waals surface area contributed by atoms with Gasteiger partial charge in [-0.3, -0.25) is 5.32 Å². The fourth-order valence-electron chi connectivity index (χ4n) is 3.40. The number of rotatable bonds is 6. The zero-order chi connectivity index (χ0) is 20.8. The number of carbonyl (C=O) groups is 1. The van der Waals surface area contributed by atoms with Crippen LogP contribution in [0, 0.1) is 6.92 Å². The number of pyridine rings is 1. The molecule has 1 saturated heterocycles. The Labute approximate surface area is 185 Å². The van der Waals surface area contributed by atoms with Crippen molar-refractivity contribution in [1.82, 2.24) is 9.97 Å². The van der Waals surface area contributed by atoms with Gasteiger partial charge in [0, 0.05) is 36.1 Å². The average Bonchev–Trinajstić information content (AvgIpc) is 3.22. The Morgan fingerprint density at radius 1 is 1.13 bits per heavy atom. The molecule has 4 rings (SSSR count). The number of hydrogen-bond acceptors (Lipinski definition) is 6. The van der Waals surface area contributed by atoms with Gasteiger partial charge in [0.25, 0.3) is 0 Å². The molecule has 6 nitrogen and oxygen atoms in total. The highest BCUT2D eigenvalue weighted by molar-refractivity contribution is 7.98. The summed E-state index contributed by atoms with van der Waals surface area (Å²) >= 11 is 3.14. The van der Waals surface area contributed by atoms with E-state index < -0.39 is 0 Å². The molecule has 2 N–H and O–H groups in total. The Morgan fingerprint density at radius 2 is 2.00 bits per heavy atom. The van der Waals surface area contributed by atoms with Crippen LogP contribution in [0.25, 0.3) is 0 Å². The molecule has 0 spiro atoms. The summed E-state index contributed by atoms with van der Waals surface area (Å²) in [5.74, 6) is 0.773. The van der Waals surface area contributed by atoms with Gasteiger partial charge in [-0.25, -0.2) is 14.8 Å². The monoisotopic (exact) mass is 439 g/mol. The average molecular weight is 440 g/mol. The Kier molecular flexibility index (Phi) is 6.86. The van der Waals surface area contributed by atoms with E-state index >= 15 is 0 Å². The molecular formula is C22H25N5OS2. The minimum atomic E-state index is -0.268. The van der Waals surface area contributed by atoms with Gasteiger partial charge in [-0.1, -0.05) is 12.1 Å². The lowest BCUT2D eigenvalue weighted by Crippen LogP contribution is -2.31. The topological polar surface area (TPSA) is 70.1 Å². The standard InChI is InChI=1S/C22H25N5OS2/c1-16-8-9-18(19(13-16)27-11-5-2-6-12-27)25-21(28)26-22-24-14-17(30-22)15-29-20-7-3-4-10-23-20/h3-4,7-10,13-14H,2,5-6,11-12,15H2,1H3,(H2,24,25,26,28). The zero-order valence-corrected chi connectivity index (χ0v) is 18.6. The van der Waals surface area contributed by atoms with E-state index in [1.807, 2.05) is 30.3 Å². The molecule has 1 aliphatic heterocycles. The van der Waals surface area contributed by atoms with Gasteiger partial charge in [0.15, 0.2) is 5.13 Å². The number of urea groups is 1. The van der Waals surface area contributed by atoms with Crippen LogP contribution in [0.5, 0.6) is 0 Å². The van der Waals surface area contributed by atoms with Crippen LogP contribution in [0.1, 0.15) is 29.7 Å². The molecule has 2 aromatic heterocycles. The second kappa shape index (κ2) is 9.95. The van der Waals surface area contributed by atoms with Gasteiger partial charge in [-0.15, -0.1) is 23.1 Å². The zero-order valence-electron chi connectivity index (χ0n) is 16.9. The van der Waals surface area contributed by atoms with Gasteiger partial charge < -0.3 is 10.2 Å². The minimum Gasteiger partial charge on any atom is -0.370 e. The van der Waals surface area contributed by atoms with Gasteiger partial charge in [-0.05, 0) is 56.0 Å². The van der Waals surface area contributed by atoms with Gasteiger partial charge in [-0.2, -0.15) is 0 Å². The number of hydrogen-bond donors (Lipinski definition) is 2. The summed E-state index contributed by atoms with van der Waals surface area (Å²) in [7, 11) is 0. The number of benzene rings is 1. The summed E-state index contributed by atoms with van der Waals surface area (Å²) in [6, 6.07) is 11.8. The van der Waals surface area contributed by atoms with Crippen LogP contribution in [0.3, 0.4) is 0 Å². The highest BCUT2D eigenvalue weighted by Crippen LogP contribution is 2.30. The smallest absolute Gasteiger partial charge is 0.325 e.